The molecular weight excluding hydrogens is 456 g/mol. The molecule has 2 N–H and O–H groups in total. The van der Waals surface area contributed by atoms with Gasteiger partial charge in [0.2, 0.25) is 0 Å². The van der Waals surface area contributed by atoms with Gasteiger partial charge in [-0.05, 0) is 42.0 Å². The number of rotatable bonds is 5. The van der Waals surface area contributed by atoms with Gasteiger partial charge in [0.05, 0.1) is 29.0 Å². The monoisotopic (exact) mass is 471 g/mol. The zero-order chi connectivity index (χ0) is 23.0. The van der Waals surface area contributed by atoms with Gasteiger partial charge in [-0.15, -0.1) is 0 Å². The summed E-state index contributed by atoms with van der Waals surface area (Å²) in [5.74, 6) is -2.01. The van der Waals surface area contributed by atoms with Crippen LogP contribution in [-0.2, 0) is 6.54 Å². The van der Waals surface area contributed by atoms with Gasteiger partial charge < -0.3 is 15.0 Å². The highest BCUT2D eigenvalue weighted by atomic mass is 35.5. The maximum atomic E-state index is 14.0. The zero-order valence-corrected chi connectivity index (χ0v) is 18.2. The number of nitrogens with zero attached hydrogens (tertiary/aromatic N) is 2. The standard InChI is InChI=1S/C23H16Cl2FN3O3/c1-29(22(30)20-7-13-2-4-14(24)8-19(13)28-20)11-21-17(9-15(26)10-27-21)12-3-5-16(23(31)32)18(25)6-12/h2-10,28H,11H2,1H3,(H,31,32). The van der Waals surface area contributed by atoms with E-state index >= 15 is 0 Å². The molecule has 6 nitrogen and oxygen atoms in total. The van der Waals surface area contributed by atoms with Gasteiger partial charge in [-0.1, -0.05) is 35.3 Å². The third-order valence-electron chi connectivity index (χ3n) is 5.00. The number of halogens is 3. The number of carboxylic acid groups (broad SMARTS) is 1. The second-order valence-electron chi connectivity index (χ2n) is 7.22. The number of H-pyrrole nitrogens is 1. The van der Waals surface area contributed by atoms with E-state index in [1.807, 2.05) is 6.07 Å². The van der Waals surface area contributed by atoms with Gasteiger partial charge in [0, 0.05) is 28.5 Å². The number of hydrogen-bond acceptors (Lipinski definition) is 3. The molecule has 0 atom stereocenters. The Morgan fingerprint density at radius 3 is 2.62 bits per heavy atom. The number of carbonyl (C=O) groups excluding carboxylic acids is 1. The quantitative estimate of drug-likeness (QED) is 0.393. The van der Waals surface area contributed by atoms with E-state index < -0.39 is 11.8 Å². The number of aromatic nitrogens is 2. The highest BCUT2D eigenvalue weighted by Gasteiger charge is 2.19. The van der Waals surface area contributed by atoms with E-state index in [1.165, 1.54) is 29.2 Å². The van der Waals surface area contributed by atoms with E-state index in [0.717, 1.165) is 17.1 Å². The lowest BCUT2D eigenvalue weighted by Gasteiger charge is -2.18. The van der Waals surface area contributed by atoms with E-state index in [-0.39, 0.29) is 23.0 Å². The van der Waals surface area contributed by atoms with Crippen LogP contribution in [0.2, 0.25) is 10.0 Å². The van der Waals surface area contributed by atoms with Crippen molar-refractivity contribution in [3.63, 3.8) is 0 Å². The molecule has 0 radical (unpaired) electrons. The van der Waals surface area contributed by atoms with Crippen molar-refractivity contribution in [3.05, 3.63) is 87.5 Å². The second-order valence-corrected chi connectivity index (χ2v) is 8.07. The van der Waals surface area contributed by atoms with Gasteiger partial charge in [-0.3, -0.25) is 9.78 Å². The van der Waals surface area contributed by atoms with Gasteiger partial charge in [0.1, 0.15) is 11.5 Å². The highest BCUT2D eigenvalue weighted by Crippen LogP contribution is 2.29. The first-order valence-corrected chi connectivity index (χ1v) is 10.2. The molecule has 0 aliphatic carbocycles. The normalized spacial score (nSPS) is 11.0. The summed E-state index contributed by atoms with van der Waals surface area (Å²) in [6.07, 6.45) is 1.06. The Balaban J connectivity index is 1.64. The topological polar surface area (TPSA) is 86.3 Å². The number of nitrogens with one attached hydrogen (secondary N) is 1. The molecule has 9 heteroatoms. The van der Waals surface area contributed by atoms with E-state index in [4.69, 9.17) is 23.2 Å². The van der Waals surface area contributed by atoms with Crippen LogP contribution in [0.15, 0.2) is 54.7 Å². The molecule has 0 bridgehead atoms. The number of aromatic carboxylic acids is 1. The molecule has 0 aliphatic heterocycles. The first-order valence-electron chi connectivity index (χ1n) is 9.44. The van der Waals surface area contributed by atoms with Crippen molar-refractivity contribution in [1.29, 1.82) is 0 Å². The third kappa shape index (κ3) is 4.30. The molecule has 2 heterocycles. The minimum Gasteiger partial charge on any atom is -0.478 e. The highest BCUT2D eigenvalue weighted by molar-refractivity contribution is 6.33. The molecule has 2 aromatic carbocycles. The molecule has 32 heavy (non-hydrogen) atoms. The van der Waals surface area contributed by atoms with Crippen LogP contribution in [0.25, 0.3) is 22.0 Å². The van der Waals surface area contributed by atoms with E-state index in [9.17, 15) is 19.1 Å². The van der Waals surface area contributed by atoms with Gasteiger partial charge in [-0.2, -0.15) is 0 Å². The number of carboxylic acids is 1. The average Bonchev–Trinajstić information content (AvgIpc) is 3.17. The van der Waals surface area contributed by atoms with Crippen LogP contribution in [-0.4, -0.2) is 38.9 Å². The van der Waals surface area contributed by atoms with Crippen LogP contribution in [0.3, 0.4) is 0 Å². The summed E-state index contributed by atoms with van der Waals surface area (Å²) < 4.78 is 14.0. The first kappa shape index (κ1) is 21.8. The van der Waals surface area contributed by atoms with Crippen LogP contribution in [0, 0.1) is 5.82 Å². The van der Waals surface area contributed by atoms with Gasteiger partial charge in [0.15, 0.2) is 0 Å². The Labute approximate surface area is 192 Å². The molecule has 4 aromatic rings. The molecule has 0 saturated carbocycles. The molecule has 162 valence electrons. The van der Waals surface area contributed by atoms with Gasteiger partial charge in [0.25, 0.3) is 5.91 Å². The van der Waals surface area contributed by atoms with Gasteiger partial charge in [-0.25, -0.2) is 9.18 Å². The number of carbonyl (C=O) groups is 2. The van der Waals surface area contributed by atoms with Crippen LogP contribution in [0.1, 0.15) is 26.5 Å². The number of pyridine rings is 1. The minimum atomic E-state index is -1.16. The molecule has 2 aromatic heterocycles. The fourth-order valence-electron chi connectivity index (χ4n) is 3.42. The summed E-state index contributed by atoms with van der Waals surface area (Å²) in [4.78, 5) is 32.8. The molecule has 0 saturated heterocycles. The van der Waals surface area contributed by atoms with E-state index in [2.05, 4.69) is 9.97 Å². The van der Waals surface area contributed by atoms with Crippen LogP contribution in [0.4, 0.5) is 4.39 Å². The van der Waals surface area contributed by atoms with Crippen LogP contribution < -0.4 is 0 Å². The Morgan fingerprint density at radius 2 is 1.91 bits per heavy atom. The average molecular weight is 472 g/mol. The first-order chi connectivity index (χ1) is 15.2. The number of hydrogen-bond donors (Lipinski definition) is 2. The molecule has 0 fully saturated rings. The number of aromatic amines is 1. The van der Waals surface area contributed by atoms with Crippen molar-refractivity contribution in [1.82, 2.24) is 14.9 Å². The second kappa shape index (κ2) is 8.61. The van der Waals surface area contributed by atoms with Crippen molar-refractivity contribution < 1.29 is 19.1 Å². The number of fused-ring (bicyclic) bond motifs is 1. The molecule has 4 rings (SSSR count). The van der Waals surface area contributed by atoms with Crippen LogP contribution in [0.5, 0.6) is 0 Å². The van der Waals surface area contributed by atoms with E-state index in [0.29, 0.717) is 27.5 Å². The predicted molar refractivity (Wildman–Crippen MR) is 121 cm³/mol. The summed E-state index contributed by atoms with van der Waals surface area (Å²) in [5, 5.41) is 10.6. The van der Waals surface area contributed by atoms with Crippen LogP contribution >= 0.6 is 23.2 Å². The largest absolute Gasteiger partial charge is 0.478 e. The Morgan fingerprint density at radius 1 is 1.12 bits per heavy atom. The summed E-state index contributed by atoms with van der Waals surface area (Å²) in [5.41, 5.74) is 2.38. The molecular formula is C23H16Cl2FN3O3. The Hall–Kier alpha value is -3.42. The molecule has 0 unspecified atom stereocenters. The van der Waals surface area contributed by atoms with Crippen molar-refractivity contribution in [2.45, 2.75) is 6.54 Å². The minimum absolute atomic E-state index is 0.0198. The maximum absolute atomic E-state index is 14.0. The summed E-state index contributed by atoms with van der Waals surface area (Å²) in [7, 11) is 1.61. The molecule has 1 amide bonds. The predicted octanol–water partition coefficient (Wildman–Crippen LogP) is 5.65. The molecule has 0 spiro atoms. The Bertz CT molecular complexity index is 1370. The SMILES string of the molecule is CN(Cc1ncc(F)cc1-c1ccc(C(=O)O)c(Cl)c1)C(=O)c1cc2ccc(Cl)cc2[nH]1. The summed E-state index contributed by atoms with van der Waals surface area (Å²) in [6, 6.07) is 12.6. The maximum Gasteiger partial charge on any atom is 0.337 e. The van der Waals surface area contributed by atoms with E-state index in [1.54, 1.807) is 25.2 Å². The van der Waals surface area contributed by atoms with Gasteiger partial charge >= 0.3 is 5.97 Å². The van der Waals surface area contributed by atoms with Crippen molar-refractivity contribution in [2.75, 3.05) is 7.05 Å². The fraction of sp³-hybridized carbons (Fsp3) is 0.0870. The van der Waals surface area contributed by atoms with Crippen molar-refractivity contribution >= 4 is 46.0 Å². The molecule has 0 aliphatic rings. The summed E-state index contributed by atoms with van der Waals surface area (Å²) >= 11 is 12.1. The number of amides is 1. The third-order valence-corrected chi connectivity index (χ3v) is 5.54. The Kier molecular flexibility index (Phi) is 5.86. The lowest BCUT2D eigenvalue weighted by molar-refractivity contribution is 0.0696. The van der Waals surface area contributed by atoms with Crippen molar-refractivity contribution in [2.24, 2.45) is 0 Å². The zero-order valence-electron chi connectivity index (χ0n) is 16.7. The lowest BCUT2D eigenvalue weighted by Crippen LogP contribution is -2.27. The smallest absolute Gasteiger partial charge is 0.337 e. The number of benzene rings is 2. The summed E-state index contributed by atoms with van der Waals surface area (Å²) in [6.45, 7) is 0.0862. The lowest BCUT2D eigenvalue weighted by atomic mass is 10.0. The van der Waals surface area contributed by atoms with Crippen molar-refractivity contribution in [3.8, 4) is 11.1 Å². The fourth-order valence-corrected chi connectivity index (χ4v) is 3.85.